The number of nitrogens with zero attached hydrogens (tertiary/aromatic N) is 2. The second-order valence-electron chi connectivity index (χ2n) is 4.75. The first-order chi connectivity index (χ1) is 8.76. The summed E-state index contributed by atoms with van der Waals surface area (Å²) in [6.45, 7) is 3.67. The first-order valence-electron chi connectivity index (χ1n) is 5.51. The van der Waals surface area contributed by atoms with E-state index < -0.39 is 27.7 Å². The Kier molecular flexibility index (Phi) is 4.51. The van der Waals surface area contributed by atoms with Crippen LogP contribution in [0.25, 0.3) is 0 Å². The standard InChI is InChI=1S/C12H13F2N3O2/c1-12(2,6-15)7-16-5-8-3-11(17(18)19)10(14)4-9(8)13/h3-4,16H,5,7H2,1-2H3. The average molecular weight is 269 g/mol. The Morgan fingerprint density at radius 3 is 2.58 bits per heavy atom. The summed E-state index contributed by atoms with van der Waals surface area (Å²) in [5, 5.41) is 22.2. The molecule has 0 atom stereocenters. The molecule has 102 valence electrons. The molecule has 0 amide bonds. The van der Waals surface area contributed by atoms with E-state index in [1.54, 1.807) is 13.8 Å². The number of benzene rings is 1. The van der Waals surface area contributed by atoms with Gasteiger partial charge in [-0.2, -0.15) is 9.65 Å². The van der Waals surface area contributed by atoms with Crippen molar-refractivity contribution in [2.24, 2.45) is 5.41 Å². The SMILES string of the molecule is CC(C)(C#N)CNCc1cc([N+](=O)[O-])c(F)cc1F. The second-order valence-corrected chi connectivity index (χ2v) is 4.75. The fourth-order valence-electron chi connectivity index (χ4n) is 1.41. The minimum atomic E-state index is -1.20. The van der Waals surface area contributed by atoms with Gasteiger partial charge in [-0.3, -0.25) is 10.1 Å². The number of hydrogen-bond donors (Lipinski definition) is 1. The second kappa shape index (κ2) is 5.71. The largest absolute Gasteiger partial charge is 0.311 e. The van der Waals surface area contributed by atoms with Gasteiger partial charge in [0, 0.05) is 30.8 Å². The highest BCUT2D eigenvalue weighted by atomic mass is 19.1. The van der Waals surface area contributed by atoms with Crippen LogP contribution in [0.2, 0.25) is 0 Å². The van der Waals surface area contributed by atoms with E-state index in [-0.39, 0.29) is 18.7 Å². The van der Waals surface area contributed by atoms with Crippen molar-refractivity contribution in [1.29, 1.82) is 5.26 Å². The Balaban J connectivity index is 2.82. The summed E-state index contributed by atoms with van der Waals surface area (Å²) >= 11 is 0. The topological polar surface area (TPSA) is 79.0 Å². The van der Waals surface area contributed by atoms with Gasteiger partial charge in [0.2, 0.25) is 5.82 Å². The van der Waals surface area contributed by atoms with Crippen molar-refractivity contribution in [3.8, 4) is 6.07 Å². The third-order valence-electron chi connectivity index (χ3n) is 2.50. The van der Waals surface area contributed by atoms with Crippen molar-refractivity contribution < 1.29 is 13.7 Å². The Morgan fingerprint density at radius 1 is 1.42 bits per heavy atom. The quantitative estimate of drug-likeness (QED) is 0.658. The number of nitrogens with one attached hydrogen (secondary N) is 1. The molecular weight excluding hydrogens is 256 g/mol. The van der Waals surface area contributed by atoms with Crippen LogP contribution in [-0.4, -0.2) is 11.5 Å². The maximum Gasteiger partial charge on any atom is 0.305 e. The zero-order valence-corrected chi connectivity index (χ0v) is 10.5. The third kappa shape index (κ3) is 3.96. The Hall–Kier alpha value is -2.07. The van der Waals surface area contributed by atoms with Gasteiger partial charge in [-0.25, -0.2) is 4.39 Å². The van der Waals surface area contributed by atoms with Crippen LogP contribution in [0.4, 0.5) is 14.5 Å². The molecule has 0 aliphatic rings. The molecule has 1 aromatic rings. The van der Waals surface area contributed by atoms with Crippen LogP contribution in [0.1, 0.15) is 19.4 Å². The van der Waals surface area contributed by atoms with Crippen molar-refractivity contribution >= 4 is 5.69 Å². The number of halogens is 2. The van der Waals surface area contributed by atoms with E-state index in [4.69, 9.17) is 5.26 Å². The number of nitro benzene ring substituents is 1. The summed E-state index contributed by atoms with van der Waals surface area (Å²) in [7, 11) is 0. The molecule has 0 heterocycles. The molecule has 0 aliphatic carbocycles. The minimum Gasteiger partial charge on any atom is -0.311 e. The fraction of sp³-hybridized carbons (Fsp3) is 0.417. The molecule has 0 saturated heterocycles. The van der Waals surface area contributed by atoms with E-state index in [0.717, 1.165) is 6.07 Å². The van der Waals surface area contributed by atoms with Crippen LogP contribution in [0.15, 0.2) is 12.1 Å². The van der Waals surface area contributed by atoms with Gasteiger partial charge < -0.3 is 5.32 Å². The fourth-order valence-corrected chi connectivity index (χ4v) is 1.41. The molecule has 0 aliphatic heterocycles. The normalized spacial score (nSPS) is 11.1. The summed E-state index contributed by atoms with van der Waals surface area (Å²) < 4.78 is 26.5. The lowest BCUT2D eigenvalue weighted by atomic mass is 9.96. The predicted molar refractivity (Wildman–Crippen MR) is 64.1 cm³/mol. The van der Waals surface area contributed by atoms with Gasteiger partial charge in [-0.05, 0) is 13.8 Å². The smallest absolute Gasteiger partial charge is 0.305 e. The molecule has 0 unspecified atom stereocenters. The van der Waals surface area contributed by atoms with Gasteiger partial charge >= 0.3 is 5.69 Å². The van der Waals surface area contributed by atoms with Gasteiger partial charge in [0.15, 0.2) is 0 Å². The zero-order chi connectivity index (χ0) is 14.6. The highest BCUT2D eigenvalue weighted by molar-refractivity contribution is 5.37. The summed E-state index contributed by atoms with van der Waals surface area (Å²) in [5.74, 6) is -2.06. The number of rotatable bonds is 5. The molecule has 0 bridgehead atoms. The van der Waals surface area contributed by atoms with Crippen molar-refractivity contribution in [3.05, 3.63) is 39.4 Å². The van der Waals surface area contributed by atoms with Crippen molar-refractivity contribution in [1.82, 2.24) is 5.32 Å². The number of nitriles is 1. The summed E-state index contributed by atoms with van der Waals surface area (Å²) in [6.07, 6.45) is 0. The predicted octanol–water partition coefficient (Wildman–Crippen LogP) is 2.51. The molecule has 0 radical (unpaired) electrons. The summed E-state index contributed by atoms with van der Waals surface area (Å²) in [6, 6.07) is 3.41. The number of hydrogen-bond acceptors (Lipinski definition) is 4. The number of nitro groups is 1. The zero-order valence-electron chi connectivity index (χ0n) is 10.5. The van der Waals surface area contributed by atoms with Crippen molar-refractivity contribution in [2.45, 2.75) is 20.4 Å². The highest BCUT2D eigenvalue weighted by Crippen LogP contribution is 2.21. The molecule has 0 saturated carbocycles. The Labute approximate surface area is 109 Å². The molecule has 1 aromatic carbocycles. The molecule has 1 rings (SSSR count). The van der Waals surface area contributed by atoms with Gasteiger partial charge in [0.1, 0.15) is 5.82 Å². The molecule has 0 fully saturated rings. The van der Waals surface area contributed by atoms with Gasteiger partial charge in [-0.1, -0.05) is 0 Å². The third-order valence-corrected chi connectivity index (χ3v) is 2.50. The molecule has 0 spiro atoms. The van der Waals surface area contributed by atoms with Crippen LogP contribution >= 0.6 is 0 Å². The maximum absolute atomic E-state index is 13.4. The molecule has 0 aromatic heterocycles. The van der Waals surface area contributed by atoms with E-state index >= 15 is 0 Å². The monoisotopic (exact) mass is 269 g/mol. The highest BCUT2D eigenvalue weighted by Gasteiger charge is 2.20. The molecule has 7 heteroatoms. The lowest BCUT2D eigenvalue weighted by Gasteiger charge is -2.16. The van der Waals surface area contributed by atoms with Crippen LogP contribution in [0.5, 0.6) is 0 Å². The van der Waals surface area contributed by atoms with Gasteiger partial charge in [0.25, 0.3) is 0 Å². The first-order valence-corrected chi connectivity index (χ1v) is 5.51. The van der Waals surface area contributed by atoms with E-state index in [2.05, 4.69) is 11.4 Å². The summed E-state index contributed by atoms with van der Waals surface area (Å²) in [5.41, 5.74) is -1.41. The minimum absolute atomic E-state index is 0.0122. The molecule has 5 nitrogen and oxygen atoms in total. The van der Waals surface area contributed by atoms with E-state index in [9.17, 15) is 18.9 Å². The summed E-state index contributed by atoms with van der Waals surface area (Å²) in [4.78, 5) is 9.64. The van der Waals surface area contributed by atoms with Crippen molar-refractivity contribution in [2.75, 3.05) is 6.54 Å². The lowest BCUT2D eigenvalue weighted by molar-refractivity contribution is -0.387. The van der Waals surface area contributed by atoms with Crippen molar-refractivity contribution in [3.63, 3.8) is 0 Å². The van der Waals surface area contributed by atoms with Gasteiger partial charge in [0.05, 0.1) is 16.4 Å². The van der Waals surface area contributed by atoms with Crippen LogP contribution < -0.4 is 5.32 Å². The van der Waals surface area contributed by atoms with Crippen LogP contribution in [-0.2, 0) is 6.54 Å². The maximum atomic E-state index is 13.4. The average Bonchev–Trinajstić information content (AvgIpc) is 2.31. The van der Waals surface area contributed by atoms with E-state index in [1.165, 1.54) is 0 Å². The first kappa shape index (κ1) is 15.0. The lowest BCUT2D eigenvalue weighted by Crippen LogP contribution is -2.28. The van der Waals surface area contributed by atoms with Gasteiger partial charge in [-0.15, -0.1) is 0 Å². The molecule has 1 N–H and O–H groups in total. The molecule has 19 heavy (non-hydrogen) atoms. The van der Waals surface area contributed by atoms with E-state index in [0.29, 0.717) is 6.07 Å². The van der Waals surface area contributed by atoms with Crippen LogP contribution in [0, 0.1) is 38.5 Å². The molecular formula is C12H13F2N3O2. The van der Waals surface area contributed by atoms with E-state index in [1.807, 2.05) is 0 Å². The Morgan fingerprint density at radius 2 is 2.05 bits per heavy atom. The van der Waals surface area contributed by atoms with Crippen LogP contribution in [0.3, 0.4) is 0 Å². The Bertz CT molecular complexity index is 539.